The van der Waals surface area contributed by atoms with Gasteiger partial charge in [-0.1, -0.05) is 72.8 Å². The minimum absolute atomic E-state index is 0.00892. The van der Waals surface area contributed by atoms with Crippen LogP contribution in [0.3, 0.4) is 0 Å². The second-order valence-corrected chi connectivity index (χ2v) is 10.9. The zero-order chi connectivity index (χ0) is 29.9. The van der Waals surface area contributed by atoms with Crippen LogP contribution in [0.5, 0.6) is 0 Å². The standard InChI is InChI=1S/C17H13N3O2.C17H13N3OS/c2*21-11-13-10-18-17(22-13)16-14-8-4-5-9-15(14)20(19-16)12-6-2-1-3-7-12/h2*1-10,21H,11H2. The first-order valence-electron chi connectivity index (χ1n) is 13.9. The van der Waals surface area contributed by atoms with Gasteiger partial charge in [0.25, 0.3) is 0 Å². The number of aliphatic hydroxyl groups is 2. The van der Waals surface area contributed by atoms with Crippen LogP contribution in [0.1, 0.15) is 10.6 Å². The van der Waals surface area contributed by atoms with E-state index < -0.39 is 0 Å². The lowest BCUT2D eigenvalue weighted by molar-refractivity contribution is 0.248. The van der Waals surface area contributed by atoms with E-state index in [1.807, 2.05) is 106 Å². The number of hydrogen-bond donors (Lipinski definition) is 2. The summed E-state index contributed by atoms with van der Waals surface area (Å²) >= 11 is 1.47. The number of nitrogens with zero attached hydrogens (tertiary/aromatic N) is 6. The zero-order valence-electron chi connectivity index (χ0n) is 23.4. The summed E-state index contributed by atoms with van der Waals surface area (Å²) in [5, 5.41) is 30.6. The molecule has 4 aromatic heterocycles. The number of benzene rings is 4. The maximum atomic E-state index is 9.24. The summed E-state index contributed by atoms with van der Waals surface area (Å²) in [4.78, 5) is 9.45. The third kappa shape index (κ3) is 5.18. The Morgan fingerprint density at radius 3 is 1.68 bits per heavy atom. The second kappa shape index (κ2) is 12.1. The molecular formula is C34H26N6O3S. The molecule has 0 atom stereocenters. The van der Waals surface area contributed by atoms with Crippen molar-refractivity contribution < 1.29 is 14.6 Å². The van der Waals surface area contributed by atoms with E-state index in [0.717, 1.165) is 48.8 Å². The Bertz CT molecular complexity index is 2010. The topological polar surface area (TPSA) is 115 Å². The number of fused-ring (bicyclic) bond motifs is 2. The summed E-state index contributed by atoms with van der Waals surface area (Å²) < 4.78 is 9.34. The fraction of sp³-hybridized carbons (Fsp3) is 0.0588. The molecule has 0 spiro atoms. The average Bonchev–Trinajstić information content (AvgIpc) is 3.90. The molecule has 0 aliphatic rings. The Balaban J connectivity index is 0.000000142. The molecule has 9 nitrogen and oxygen atoms in total. The van der Waals surface area contributed by atoms with Crippen molar-refractivity contribution in [2.45, 2.75) is 13.2 Å². The van der Waals surface area contributed by atoms with Crippen molar-refractivity contribution in [3.63, 3.8) is 0 Å². The molecule has 0 unspecified atom stereocenters. The van der Waals surface area contributed by atoms with E-state index in [4.69, 9.17) is 14.6 Å². The van der Waals surface area contributed by atoms with Crippen LogP contribution < -0.4 is 0 Å². The molecule has 44 heavy (non-hydrogen) atoms. The van der Waals surface area contributed by atoms with Crippen LogP contribution in [0.15, 0.2) is 126 Å². The number of hydrogen-bond acceptors (Lipinski definition) is 8. The fourth-order valence-electron chi connectivity index (χ4n) is 4.96. The van der Waals surface area contributed by atoms with Crippen LogP contribution in [0, 0.1) is 0 Å². The molecule has 0 amide bonds. The first kappa shape index (κ1) is 27.4. The van der Waals surface area contributed by atoms with E-state index in [1.54, 1.807) is 6.20 Å². The van der Waals surface area contributed by atoms with Gasteiger partial charge in [0, 0.05) is 17.0 Å². The summed E-state index contributed by atoms with van der Waals surface area (Å²) in [6.07, 6.45) is 3.22. The van der Waals surface area contributed by atoms with Crippen LogP contribution in [0.25, 0.3) is 55.5 Å². The largest absolute Gasteiger partial charge is 0.437 e. The highest BCUT2D eigenvalue weighted by Crippen LogP contribution is 2.32. The molecule has 0 aliphatic heterocycles. The Kier molecular flexibility index (Phi) is 7.51. The number of aromatic nitrogens is 6. The van der Waals surface area contributed by atoms with Crippen molar-refractivity contribution >= 4 is 33.1 Å². The number of para-hydroxylation sites is 4. The molecule has 10 heteroatoms. The molecule has 0 radical (unpaired) electrons. The normalized spacial score (nSPS) is 11.1. The molecule has 2 N–H and O–H groups in total. The summed E-state index contributed by atoms with van der Waals surface area (Å²) in [7, 11) is 0. The van der Waals surface area contributed by atoms with Crippen molar-refractivity contribution in [2.75, 3.05) is 0 Å². The lowest BCUT2D eigenvalue weighted by atomic mass is 10.2. The van der Waals surface area contributed by atoms with Crippen LogP contribution in [-0.4, -0.2) is 39.7 Å². The molecule has 0 bridgehead atoms. The number of aliphatic hydroxyl groups excluding tert-OH is 2. The van der Waals surface area contributed by atoms with Gasteiger partial charge in [-0.15, -0.1) is 11.3 Å². The van der Waals surface area contributed by atoms with E-state index in [0.29, 0.717) is 17.3 Å². The summed E-state index contributed by atoms with van der Waals surface area (Å²) in [6, 6.07) is 36.0. The van der Waals surface area contributed by atoms with Gasteiger partial charge in [0.2, 0.25) is 5.89 Å². The predicted octanol–water partition coefficient (Wildman–Crippen LogP) is 6.81. The highest BCUT2D eigenvalue weighted by atomic mass is 32.1. The Morgan fingerprint density at radius 2 is 1.14 bits per heavy atom. The predicted molar refractivity (Wildman–Crippen MR) is 171 cm³/mol. The van der Waals surface area contributed by atoms with E-state index in [1.165, 1.54) is 17.5 Å². The molecule has 8 aromatic rings. The molecule has 0 saturated carbocycles. The molecule has 4 heterocycles. The average molecular weight is 599 g/mol. The number of thiazole rings is 1. The third-order valence-electron chi connectivity index (χ3n) is 7.00. The molecule has 0 fully saturated rings. The van der Waals surface area contributed by atoms with Crippen molar-refractivity contribution in [2.24, 2.45) is 0 Å². The van der Waals surface area contributed by atoms with Crippen LogP contribution >= 0.6 is 11.3 Å². The Hall–Kier alpha value is -5.42. The lowest BCUT2D eigenvalue weighted by Gasteiger charge is -2.01. The monoisotopic (exact) mass is 598 g/mol. The summed E-state index contributed by atoms with van der Waals surface area (Å²) in [5.41, 5.74) is 5.53. The molecule has 0 aliphatic carbocycles. The first-order chi connectivity index (χ1) is 21.7. The minimum Gasteiger partial charge on any atom is -0.437 e. The van der Waals surface area contributed by atoms with Gasteiger partial charge >= 0.3 is 0 Å². The lowest BCUT2D eigenvalue weighted by Crippen LogP contribution is -1.95. The van der Waals surface area contributed by atoms with Crippen molar-refractivity contribution in [1.29, 1.82) is 0 Å². The quantitative estimate of drug-likeness (QED) is 0.216. The van der Waals surface area contributed by atoms with Gasteiger partial charge in [0.15, 0.2) is 5.69 Å². The van der Waals surface area contributed by atoms with Gasteiger partial charge < -0.3 is 14.6 Å². The van der Waals surface area contributed by atoms with E-state index in [9.17, 15) is 5.11 Å². The van der Waals surface area contributed by atoms with E-state index in [2.05, 4.69) is 27.2 Å². The van der Waals surface area contributed by atoms with Crippen LogP contribution in [0.2, 0.25) is 0 Å². The summed E-state index contributed by atoms with van der Waals surface area (Å²) in [6.45, 7) is -0.167. The van der Waals surface area contributed by atoms with Gasteiger partial charge in [-0.2, -0.15) is 10.2 Å². The maximum absolute atomic E-state index is 9.24. The SMILES string of the molecule is OCc1cnc(-c2nn(-c3ccccc3)c3ccccc23)o1.OCc1cnc(-c2nn(-c3ccccc3)c3ccccc23)s1. The maximum Gasteiger partial charge on any atom is 0.247 e. The molecule has 4 aromatic carbocycles. The smallest absolute Gasteiger partial charge is 0.247 e. The van der Waals surface area contributed by atoms with Gasteiger partial charge in [-0.3, -0.25) is 0 Å². The van der Waals surface area contributed by atoms with Gasteiger partial charge in [0.1, 0.15) is 23.1 Å². The molecule has 216 valence electrons. The number of rotatable bonds is 6. The van der Waals surface area contributed by atoms with Crippen molar-refractivity contribution in [1.82, 2.24) is 29.5 Å². The van der Waals surface area contributed by atoms with Crippen molar-refractivity contribution in [3.05, 3.63) is 132 Å². The van der Waals surface area contributed by atoms with Gasteiger partial charge in [-0.05, 0) is 36.4 Å². The molecule has 0 saturated heterocycles. The van der Waals surface area contributed by atoms with E-state index in [-0.39, 0.29) is 13.2 Å². The van der Waals surface area contributed by atoms with Gasteiger partial charge in [0.05, 0.1) is 40.1 Å². The second-order valence-electron chi connectivity index (χ2n) is 9.81. The first-order valence-corrected chi connectivity index (χ1v) is 14.7. The third-order valence-corrected chi connectivity index (χ3v) is 7.99. The minimum atomic E-state index is -0.176. The number of oxazole rings is 1. The van der Waals surface area contributed by atoms with E-state index >= 15 is 0 Å². The highest BCUT2D eigenvalue weighted by Gasteiger charge is 2.18. The van der Waals surface area contributed by atoms with Crippen LogP contribution in [0.4, 0.5) is 0 Å². The summed E-state index contributed by atoms with van der Waals surface area (Å²) in [5.74, 6) is 0.836. The highest BCUT2D eigenvalue weighted by molar-refractivity contribution is 7.15. The van der Waals surface area contributed by atoms with Crippen LogP contribution in [-0.2, 0) is 13.2 Å². The molecular weight excluding hydrogens is 572 g/mol. The zero-order valence-corrected chi connectivity index (χ0v) is 24.2. The van der Waals surface area contributed by atoms with Gasteiger partial charge in [-0.25, -0.2) is 19.3 Å². The Morgan fingerprint density at radius 1 is 0.591 bits per heavy atom. The van der Waals surface area contributed by atoms with Crippen molar-refractivity contribution in [3.8, 4) is 33.7 Å². The molecule has 8 rings (SSSR count). The Labute approximate surface area is 255 Å². The fourth-order valence-corrected chi connectivity index (χ4v) is 5.73.